The quantitative estimate of drug-likeness (QED) is 0.0468. The van der Waals surface area contributed by atoms with Gasteiger partial charge in [-0.25, -0.2) is 4.79 Å². The average molecular weight is 696 g/mol. The van der Waals surface area contributed by atoms with Gasteiger partial charge in [0.05, 0.1) is 52.4 Å². The predicted octanol–water partition coefficient (Wildman–Crippen LogP) is -9.18. The summed E-state index contributed by atoms with van der Waals surface area (Å²) in [5.74, 6) is -11.1. The zero-order valence-corrected chi connectivity index (χ0v) is 25.5. The number of nitrogens with two attached hydrogens (primary N) is 1. The molecule has 14 N–H and O–H groups in total. The Morgan fingerprint density at radius 1 is 0.532 bits per heavy atom. The fourth-order valence-corrected chi connectivity index (χ4v) is 3.26. The van der Waals surface area contributed by atoms with E-state index in [1.165, 1.54) is 0 Å². The van der Waals surface area contributed by atoms with Gasteiger partial charge in [-0.3, -0.25) is 43.2 Å². The maximum atomic E-state index is 12.5. The molecule has 4 atom stereocenters. The molecule has 0 saturated heterocycles. The summed E-state index contributed by atoms with van der Waals surface area (Å²) in [6.45, 7) is -4.95. The van der Waals surface area contributed by atoms with Crippen molar-refractivity contribution in [1.29, 1.82) is 0 Å². The largest absolute Gasteiger partial charge is 0.481 e. The van der Waals surface area contributed by atoms with E-state index < -0.39 is 129 Å². The van der Waals surface area contributed by atoms with E-state index >= 15 is 0 Å². The fourth-order valence-electron chi connectivity index (χ4n) is 3.02. The van der Waals surface area contributed by atoms with Gasteiger partial charge in [0.25, 0.3) is 0 Å². The number of aliphatic hydroxyl groups is 2. The number of amides is 8. The van der Waals surface area contributed by atoms with E-state index in [0.717, 1.165) is 0 Å². The molecule has 0 unspecified atom stereocenters. The number of carboxylic acids is 2. The van der Waals surface area contributed by atoms with E-state index in [4.69, 9.17) is 15.9 Å². The molecule has 0 heterocycles. The number of hydrogen-bond donors (Lipinski definition) is 14. The summed E-state index contributed by atoms with van der Waals surface area (Å²) in [4.78, 5) is 118. The summed E-state index contributed by atoms with van der Waals surface area (Å²) < 4.78 is 0. The third-order valence-electron chi connectivity index (χ3n) is 5.42. The predicted molar refractivity (Wildman–Crippen MR) is 157 cm³/mol. The molecule has 0 aromatic heterocycles. The van der Waals surface area contributed by atoms with Gasteiger partial charge in [-0.1, -0.05) is 0 Å². The first-order valence-electron chi connectivity index (χ1n) is 13.3. The lowest BCUT2D eigenvalue weighted by atomic mass is 10.1. The minimum Gasteiger partial charge on any atom is -0.481 e. The van der Waals surface area contributed by atoms with Crippen molar-refractivity contribution >= 4 is 71.8 Å². The molecule has 0 rings (SSSR count). The number of rotatable bonds is 22. The van der Waals surface area contributed by atoms with E-state index in [-0.39, 0.29) is 12.3 Å². The average Bonchev–Trinajstić information content (AvgIpc) is 3.03. The lowest BCUT2D eigenvalue weighted by Gasteiger charge is -2.22. The van der Waals surface area contributed by atoms with Crippen molar-refractivity contribution in [1.82, 2.24) is 42.5 Å². The van der Waals surface area contributed by atoms with E-state index in [2.05, 4.69) is 39.2 Å². The van der Waals surface area contributed by atoms with Crippen LogP contribution in [0.2, 0.25) is 0 Å². The summed E-state index contributed by atoms with van der Waals surface area (Å²) >= 11 is 3.75. The van der Waals surface area contributed by atoms with E-state index in [1.54, 1.807) is 0 Å². The second-order valence-corrected chi connectivity index (χ2v) is 9.46. The number of aliphatic hydroxyl groups excluding tert-OH is 2. The Balaban J connectivity index is 4.82. The lowest BCUT2D eigenvalue weighted by Crippen LogP contribution is -2.58. The maximum Gasteiger partial charge on any atom is 0.327 e. The topological polar surface area (TPSA) is 374 Å². The molecule has 264 valence electrons. The molecule has 24 heteroatoms. The van der Waals surface area contributed by atoms with Crippen LogP contribution in [0.1, 0.15) is 6.42 Å². The van der Waals surface area contributed by atoms with Gasteiger partial charge in [0.15, 0.2) is 0 Å². The van der Waals surface area contributed by atoms with Gasteiger partial charge in [0, 0.05) is 5.75 Å². The normalized spacial score (nSPS) is 12.9. The van der Waals surface area contributed by atoms with Crippen molar-refractivity contribution in [2.24, 2.45) is 5.73 Å². The lowest BCUT2D eigenvalue weighted by molar-refractivity contribution is -0.143. The van der Waals surface area contributed by atoms with Crippen LogP contribution in [0.25, 0.3) is 0 Å². The summed E-state index contributed by atoms with van der Waals surface area (Å²) in [5, 5.41) is 53.5. The highest BCUT2D eigenvalue weighted by molar-refractivity contribution is 7.80. The Labute approximate surface area is 270 Å². The molecule has 0 bridgehead atoms. The van der Waals surface area contributed by atoms with Crippen LogP contribution in [-0.4, -0.2) is 155 Å². The first kappa shape index (κ1) is 41.9. The van der Waals surface area contributed by atoms with Crippen molar-refractivity contribution < 1.29 is 68.4 Å². The van der Waals surface area contributed by atoms with Crippen molar-refractivity contribution in [3.05, 3.63) is 0 Å². The molecular weight excluding hydrogens is 658 g/mol. The highest BCUT2D eigenvalue weighted by Crippen LogP contribution is 1.98. The number of nitrogens with one attached hydrogen (secondary N) is 8. The molecule has 0 fully saturated rings. The van der Waals surface area contributed by atoms with Gasteiger partial charge in [-0.15, -0.1) is 0 Å². The standard InChI is InChI=1S/C23H37N9O14S/c24-2-14(35)25-3-15(36)26-5-17(38)29-11(7-33)20(42)28-4-16(37)27-6-18(39)30-12(8-34)22(44)31-10(1-19(40)41)21(43)32-13(9-47)23(45)46/h10-13,33-34,47H,1-9,24H2,(H,25,35)(H,26,36)(H,27,37)(H,28,42)(H,29,38)(H,30,39)(H,31,44)(H,32,43)(H,40,41)(H,45,46)/t10-,11-,12-,13-/m0/s1. The molecule has 0 aliphatic rings. The van der Waals surface area contributed by atoms with Crippen LogP contribution in [0, 0.1) is 0 Å². The minimum absolute atomic E-state index is 0.354. The number of carboxylic acid groups (broad SMARTS) is 2. The van der Waals surface area contributed by atoms with Crippen LogP contribution in [0.3, 0.4) is 0 Å². The fraction of sp³-hybridized carbons (Fsp3) is 0.565. The number of hydrogen-bond acceptors (Lipinski definition) is 14. The second kappa shape index (κ2) is 22.4. The van der Waals surface area contributed by atoms with Gasteiger partial charge >= 0.3 is 11.9 Å². The Morgan fingerprint density at radius 3 is 1.36 bits per heavy atom. The van der Waals surface area contributed by atoms with Crippen LogP contribution in [0.4, 0.5) is 0 Å². The molecular formula is C23H37N9O14S. The van der Waals surface area contributed by atoms with Crippen molar-refractivity contribution in [3.63, 3.8) is 0 Å². The van der Waals surface area contributed by atoms with E-state index in [9.17, 15) is 58.2 Å². The third kappa shape index (κ3) is 17.9. The van der Waals surface area contributed by atoms with Crippen LogP contribution in [0.15, 0.2) is 0 Å². The first-order chi connectivity index (χ1) is 22.1. The summed E-state index contributed by atoms with van der Waals surface area (Å²) in [5.41, 5.74) is 5.06. The third-order valence-corrected chi connectivity index (χ3v) is 5.79. The molecule has 0 aromatic rings. The number of carbonyl (C=O) groups is 10. The number of thiol groups is 1. The Bertz CT molecular complexity index is 1190. The van der Waals surface area contributed by atoms with Crippen LogP contribution in [-0.2, 0) is 47.9 Å². The van der Waals surface area contributed by atoms with E-state index in [1.807, 2.05) is 16.0 Å². The van der Waals surface area contributed by atoms with Gasteiger partial charge in [0.1, 0.15) is 24.2 Å². The molecule has 0 spiro atoms. The Kier molecular flexibility index (Phi) is 20.0. The molecule has 0 radical (unpaired) electrons. The summed E-state index contributed by atoms with van der Waals surface area (Å²) in [7, 11) is 0. The van der Waals surface area contributed by atoms with Crippen molar-refractivity contribution in [3.8, 4) is 0 Å². The van der Waals surface area contributed by atoms with Gasteiger partial charge in [0.2, 0.25) is 47.3 Å². The molecule has 8 amide bonds. The van der Waals surface area contributed by atoms with Crippen LogP contribution < -0.4 is 48.3 Å². The van der Waals surface area contributed by atoms with Gasteiger partial charge < -0.3 is 68.7 Å². The van der Waals surface area contributed by atoms with Crippen LogP contribution in [0.5, 0.6) is 0 Å². The molecule has 47 heavy (non-hydrogen) atoms. The zero-order chi connectivity index (χ0) is 36.1. The smallest absolute Gasteiger partial charge is 0.327 e. The summed E-state index contributed by atoms with van der Waals surface area (Å²) in [6, 6.07) is -6.61. The Hall–Kier alpha value is -5.07. The second-order valence-electron chi connectivity index (χ2n) is 9.10. The minimum atomic E-state index is -1.81. The SMILES string of the molecule is NCC(=O)NCC(=O)NCC(=O)N[C@@H](CO)C(=O)NCC(=O)NCC(=O)N[C@@H](CO)C(=O)N[C@@H](CC(=O)O)C(=O)N[C@@H](CS)C(=O)O. The van der Waals surface area contributed by atoms with E-state index in [0.29, 0.717) is 0 Å². The van der Waals surface area contributed by atoms with Crippen LogP contribution >= 0.6 is 12.6 Å². The van der Waals surface area contributed by atoms with Gasteiger partial charge in [-0.2, -0.15) is 12.6 Å². The summed E-state index contributed by atoms with van der Waals surface area (Å²) in [6.07, 6.45) is -0.988. The molecule has 23 nitrogen and oxygen atoms in total. The maximum absolute atomic E-state index is 12.5. The molecule has 0 saturated carbocycles. The highest BCUT2D eigenvalue weighted by Gasteiger charge is 2.30. The van der Waals surface area contributed by atoms with Crippen molar-refractivity contribution in [2.75, 3.05) is 51.7 Å². The monoisotopic (exact) mass is 695 g/mol. The number of aliphatic carboxylic acids is 2. The molecule has 0 aliphatic heterocycles. The molecule has 0 aliphatic carbocycles. The van der Waals surface area contributed by atoms with Crippen molar-refractivity contribution in [2.45, 2.75) is 30.6 Å². The number of carbonyl (C=O) groups excluding carboxylic acids is 8. The first-order valence-corrected chi connectivity index (χ1v) is 14.0. The Morgan fingerprint density at radius 2 is 0.936 bits per heavy atom. The van der Waals surface area contributed by atoms with Gasteiger partial charge in [-0.05, 0) is 0 Å². The zero-order valence-electron chi connectivity index (χ0n) is 24.6. The molecule has 0 aromatic carbocycles. The highest BCUT2D eigenvalue weighted by atomic mass is 32.1.